The van der Waals surface area contributed by atoms with E-state index in [0.717, 1.165) is 22.6 Å². The van der Waals surface area contributed by atoms with Crippen molar-refractivity contribution in [1.82, 2.24) is 19.1 Å². The second kappa shape index (κ2) is 8.78. The smallest absolute Gasteiger partial charge is 0.283 e. The molecule has 0 atom stereocenters. The molecule has 0 aliphatic carbocycles. The number of rotatable bonds is 5. The van der Waals surface area contributed by atoms with Gasteiger partial charge in [-0.25, -0.2) is 18.7 Å². The van der Waals surface area contributed by atoms with Crippen LogP contribution in [0.3, 0.4) is 0 Å². The highest BCUT2D eigenvalue weighted by Crippen LogP contribution is 2.24. The topological polar surface area (TPSA) is 57.1 Å². The maximum atomic E-state index is 13.5. The van der Waals surface area contributed by atoms with Gasteiger partial charge in [-0.1, -0.05) is 36.4 Å². The van der Waals surface area contributed by atoms with Gasteiger partial charge in [0.1, 0.15) is 11.5 Å². The second-order valence-corrected chi connectivity index (χ2v) is 7.89. The molecule has 0 N–H and O–H groups in total. The Morgan fingerprint density at radius 3 is 2.15 bits per heavy atom. The van der Waals surface area contributed by atoms with Gasteiger partial charge in [0.2, 0.25) is 0 Å². The summed E-state index contributed by atoms with van der Waals surface area (Å²) in [5.74, 6) is -0.317. The molecule has 2 aromatic heterocycles. The summed E-state index contributed by atoms with van der Waals surface area (Å²) in [7, 11) is 1.83. The normalized spacial score (nSPS) is 11.4. The molecule has 0 bridgehead atoms. The summed E-state index contributed by atoms with van der Waals surface area (Å²) in [6, 6.07) is 25.3. The molecule has 0 saturated carbocycles. The fourth-order valence-electron chi connectivity index (χ4n) is 3.86. The lowest BCUT2D eigenvalue weighted by molar-refractivity contribution is 0.628. The second-order valence-electron chi connectivity index (χ2n) is 7.89. The molecular formula is C27H22FN5O. The zero-order valence-electron chi connectivity index (χ0n) is 18.8. The van der Waals surface area contributed by atoms with Gasteiger partial charge in [0.15, 0.2) is 5.69 Å². The Hall–Kier alpha value is -4.52. The Bertz CT molecular complexity index is 1530. The van der Waals surface area contributed by atoms with Crippen LogP contribution in [0.25, 0.3) is 22.6 Å². The maximum absolute atomic E-state index is 13.5. The Kier molecular flexibility index (Phi) is 5.51. The van der Waals surface area contributed by atoms with Gasteiger partial charge in [0.25, 0.3) is 5.56 Å². The monoisotopic (exact) mass is 451 g/mol. The molecule has 0 fully saturated rings. The standard InChI is InChI=1S/C27H22FN5O/c1-19-25(27(34)33(31(19)2)24-11-7-4-8-12-24)29-17-21-18-32(23-9-5-3-6-10-23)30-26(21)20-13-15-22(28)16-14-20/h3-18H,1-2H3. The molecule has 0 saturated heterocycles. The van der Waals surface area contributed by atoms with Gasteiger partial charge in [-0.05, 0) is 55.5 Å². The molecule has 5 aromatic rings. The summed E-state index contributed by atoms with van der Waals surface area (Å²) in [5, 5.41) is 4.72. The van der Waals surface area contributed by atoms with Gasteiger partial charge in [-0.2, -0.15) is 5.10 Å². The molecule has 2 heterocycles. The molecule has 0 aliphatic heterocycles. The van der Waals surface area contributed by atoms with Crippen molar-refractivity contribution in [1.29, 1.82) is 0 Å². The van der Waals surface area contributed by atoms with E-state index in [-0.39, 0.29) is 11.4 Å². The van der Waals surface area contributed by atoms with Crippen molar-refractivity contribution in [2.75, 3.05) is 0 Å². The van der Waals surface area contributed by atoms with E-state index >= 15 is 0 Å². The number of nitrogens with zero attached hydrogens (tertiary/aromatic N) is 5. The van der Waals surface area contributed by atoms with Crippen LogP contribution in [0.1, 0.15) is 11.3 Å². The lowest BCUT2D eigenvalue weighted by atomic mass is 10.1. The number of aliphatic imine (C=N–C) groups is 1. The molecule has 34 heavy (non-hydrogen) atoms. The van der Waals surface area contributed by atoms with Gasteiger partial charge in [0, 0.05) is 30.6 Å². The average molecular weight is 452 g/mol. The summed E-state index contributed by atoms with van der Waals surface area (Å²) < 4.78 is 18.7. The van der Waals surface area contributed by atoms with E-state index < -0.39 is 0 Å². The molecular weight excluding hydrogens is 429 g/mol. The molecule has 5 rings (SSSR count). The van der Waals surface area contributed by atoms with Crippen LogP contribution in [0.4, 0.5) is 10.1 Å². The number of hydrogen-bond acceptors (Lipinski definition) is 3. The Morgan fingerprint density at radius 1 is 0.882 bits per heavy atom. The lowest BCUT2D eigenvalue weighted by Gasteiger charge is -2.07. The quantitative estimate of drug-likeness (QED) is 0.344. The van der Waals surface area contributed by atoms with Crippen LogP contribution >= 0.6 is 0 Å². The van der Waals surface area contributed by atoms with Gasteiger partial charge in [-0.15, -0.1) is 0 Å². The molecule has 0 radical (unpaired) electrons. The van der Waals surface area contributed by atoms with E-state index in [1.54, 1.807) is 32.4 Å². The summed E-state index contributed by atoms with van der Waals surface area (Å²) in [4.78, 5) is 17.8. The van der Waals surface area contributed by atoms with E-state index in [1.807, 2.05) is 80.8 Å². The number of aromatic nitrogens is 4. The van der Waals surface area contributed by atoms with Crippen LogP contribution in [0.2, 0.25) is 0 Å². The van der Waals surface area contributed by atoms with Gasteiger partial charge >= 0.3 is 0 Å². The Labute approximate surface area is 195 Å². The van der Waals surface area contributed by atoms with E-state index in [2.05, 4.69) is 4.99 Å². The maximum Gasteiger partial charge on any atom is 0.297 e. The number of para-hydroxylation sites is 2. The molecule has 0 spiro atoms. The molecule has 168 valence electrons. The van der Waals surface area contributed by atoms with Crippen LogP contribution in [0.15, 0.2) is 101 Å². The van der Waals surface area contributed by atoms with Crippen LogP contribution in [-0.4, -0.2) is 25.4 Å². The molecule has 3 aromatic carbocycles. The predicted molar refractivity (Wildman–Crippen MR) is 132 cm³/mol. The van der Waals surface area contributed by atoms with Crippen molar-refractivity contribution in [3.63, 3.8) is 0 Å². The fourth-order valence-corrected chi connectivity index (χ4v) is 3.86. The van der Waals surface area contributed by atoms with E-state index in [1.165, 1.54) is 12.1 Å². The lowest BCUT2D eigenvalue weighted by Crippen LogP contribution is -2.19. The molecule has 0 aliphatic rings. The Morgan fingerprint density at radius 2 is 1.50 bits per heavy atom. The van der Waals surface area contributed by atoms with Crippen molar-refractivity contribution >= 4 is 11.9 Å². The molecule has 7 heteroatoms. The average Bonchev–Trinajstić information content (AvgIpc) is 3.38. The number of hydrogen-bond donors (Lipinski definition) is 0. The zero-order valence-corrected chi connectivity index (χ0v) is 18.8. The van der Waals surface area contributed by atoms with Crippen LogP contribution < -0.4 is 5.56 Å². The highest BCUT2D eigenvalue weighted by atomic mass is 19.1. The minimum absolute atomic E-state index is 0.207. The van der Waals surface area contributed by atoms with Gasteiger partial charge < -0.3 is 0 Å². The summed E-state index contributed by atoms with van der Waals surface area (Å²) >= 11 is 0. The summed E-state index contributed by atoms with van der Waals surface area (Å²) in [6.45, 7) is 1.86. The first-order valence-corrected chi connectivity index (χ1v) is 10.8. The molecule has 0 unspecified atom stereocenters. The predicted octanol–water partition coefficient (Wildman–Crippen LogP) is 5.23. The third-order valence-electron chi connectivity index (χ3n) is 5.74. The van der Waals surface area contributed by atoms with Crippen LogP contribution in [0.5, 0.6) is 0 Å². The first-order chi connectivity index (χ1) is 16.5. The van der Waals surface area contributed by atoms with E-state index in [4.69, 9.17) is 5.10 Å². The van der Waals surface area contributed by atoms with Gasteiger partial charge in [-0.3, -0.25) is 9.48 Å². The Balaban J connectivity index is 1.61. The van der Waals surface area contributed by atoms with Crippen LogP contribution in [-0.2, 0) is 7.05 Å². The van der Waals surface area contributed by atoms with Crippen molar-refractivity contribution in [3.05, 3.63) is 119 Å². The molecule has 6 nitrogen and oxygen atoms in total. The fraction of sp³-hybridized carbons (Fsp3) is 0.0741. The SMILES string of the molecule is Cc1c(N=Cc2cn(-c3ccccc3)nc2-c2ccc(F)cc2)c(=O)n(-c2ccccc2)n1C. The van der Waals surface area contributed by atoms with Crippen molar-refractivity contribution in [2.45, 2.75) is 6.92 Å². The van der Waals surface area contributed by atoms with Crippen molar-refractivity contribution in [3.8, 4) is 22.6 Å². The zero-order chi connectivity index (χ0) is 23.7. The van der Waals surface area contributed by atoms with Gasteiger partial charge in [0.05, 0.1) is 17.1 Å². The largest absolute Gasteiger partial charge is 0.297 e. The first-order valence-electron chi connectivity index (χ1n) is 10.8. The van der Waals surface area contributed by atoms with Crippen LogP contribution in [0, 0.1) is 12.7 Å². The van der Waals surface area contributed by atoms with Crippen molar-refractivity contribution in [2.24, 2.45) is 12.0 Å². The van der Waals surface area contributed by atoms with Crippen molar-refractivity contribution < 1.29 is 4.39 Å². The number of halogens is 1. The third kappa shape index (κ3) is 3.88. The third-order valence-corrected chi connectivity index (χ3v) is 5.74. The minimum Gasteiger partial charge on any atom is -0.283 e. The van der Waals surface area contributed by atoms with E-state index in [9.17, 15) is 9.18 Å². The number of benzene rings is 3. The molecule has 0 amide bonds. The first kappa shape index (κ1) is 21.3. The summed E-state index contributed by atoms with van der Waals surface area (Å²) in [5.41, 5.74) is 4.64. The van der Waals surface area contributed by atoms with E-state index in [0.29, 0.717) is 16.9 Å². The highest BCUT2D eigenvalue weighted by Gasteiger charge is 2.16. The highest BCUT2D eigenvalue weighted by molar-refractivity contribution is 5.90. The minimum atomic E-state index is -0.317. The summed E-state index contributed by atoms with van der Waals surface area (Å²) in [6.07, 6.45) is 3.50.